The third-order valence-corrected chi connectivity index (χ3v) is 3.54. The number of carbonyl (C=O) groups excluding carboxylic acids is 1. The van der Waals surface area contributed by atoms with Crippen molar-refractivity contribution in [1.82, 2.24) is 9.97 Å². The van der Waals surface area contributed by atoms with Crippen LogP contribution in [-0.2, 0) is 14.6 Å². The summed E-state index contributed by atoms with van der Waals surface area (Å²) in [6.45, 7) is 1.45. The Hall–Kier alpha value is -2.90. The summed E-state index contributed by atoms with van der Waals surface area (Å²) in [5.74, 6) is 0.360. The lowest BCUT2D eigenvalue weighted by Gasteiger charge is -2.12. The highest BCUT2D eigenvalue weighted by molar-refractivity contribution is 6.31. The molecule has 0 amide bonds. The van der Waals surface area contributed by atoms with Gasteiger partial charge in [-0.2, -0.15) is 4.89 Å². The molecule has 0 aliphatic carbocycles. The highest BCUT2D eigenvalue weighted by atomic mass is 35.5. The molecule has 3 rings (SSSR count). The number of carbonyl (C=O) groups is 1. The van der Waals surface area contributed by atoms with E-state index in [1.807, 2.05) is 0 Å². The van der Waals surface area contributed by atoms with Crippen LogP contribution in [0.25, 0.3) is 11.0 Å². The fraction of sp³-hybridized carbons (Fsp3) is 0.167. The third-order valence-electron chi connectivity index (χ3n) is 3.30. The predicted molar refractivity (Wildman–Crippen MR) is 94.3 cm³/mol. The second kappa shape index (κ2) is 7.99. The molecule has 0 aliphatic rings. The van der Waals surface area contributed by atoms with Crippen molar-refractivity contribution in [3.05, 3.63) is 53.7 Å². The number of fused-ring (bicyclic) bond motifs is 1. The van der Waals surface area contributed by atoms with Crippen LogP contribution in [0.2, 0.25) is 5.02 Å². The van der Waals surface area contributed by atoms with Crippen molar-refractivity contribution in [3.63, 3.8) is 0 Å². The average molecular weight is 377 g/mol. The third kappa shape index (κ3) is 4.38. The molecule has 0 bridgehead atoms. The van der Waals surface area contributed by atoms with Crippen molar-refractivity contribution < 1.29 is 26.8 Å². The Morgan fingerprint density at radius 2 is 1.92 bits per heavy atom. The fourth-order valence-corrected chi connectivity index (χ4v) is 2.26. The largest absolute Gasteiger partial charge is 0.479 e. The molecule has 0 aliphatic heterocycles. The van der Waals surface area contributed by atoms with E-state index in [0.29, 0.717) is 33.4 Å². The average Bonchev–Trinajstić information content (AvgIpc) is 2.67. The van der Waals surface area contributed by atoms with Crippen LogP contribution < -0.4 is 9.47 Å². The number of benzene rings is 2. The van der Waals surface area contributed by atoms with Gasteiger partial charge in [-0.05, 0) is 49.4 Å². The molecular formula is C18H15ClN2O5. The van der Waals surface area contributed by atoms with Gasteiger partial charge in [-0.3, -0.25) is 4.89 Å². The summed E-state index contributed by atoms with van der Waals surface area (Å²) in [5.41, 5.74) is 1.31. The Bertz CT molecular complexity index is 972. The summed E-state index contributed by atoms with van der Waals surface area (Å²) >= 11 is 5.93. The van der Waals surface area contributed by atoms with Crippen LogP contribution in [-0.4, -0.2) is 29.1 Å². The first-order chi connectivity index (χ1) is 13.4. The molecule has 1 aromatic heterocycles. The standard InChI is InChI=1S/C18H15ClN2O5/c1-11(18(22)26-23-2)24-13-4-6-14(7-5-13)25-17-10-20-16-9-12(19)3-8-15(16)21-17/h3-11H,1-2H3/i2D2. The van der Waals surface area contributed by atoms with Crippen molar-refractivity contribution in [3.8, 4) is 17.4 Å². The first-order valence-corrected chi connectivity index (χ1v) is 7.87. The molecule has 0 saturated heterocycles. The Morgan fingerprint density at radius 1 is 1.15 bits per heavy atom. The van der Waals surface area contributed by atoms with Gasteiger partial charge < -0.3 is 9.47 Å². The quantitative estimate of drug-likeness (QED) is 0.476. The second-order valence-corrected chi connectivity index (χ2v) is 5.61. The molecule has 2 aromatic carbocycles. The van der Waals surface area contributed by atoms with Gasteiger partial charge in [0.1, 0.15) is 11.5 Å². The summed E-state index contributed by atoms with van der Waals surface area (Å²) in [7, 11) is -1.72. The maximum atomic E-state index is 11.6. The Balaban J connectivity index is 1.61. The van der Waals surface area contributed by atoms with Gasteiger partial charge in [0.2, 0.25) is 5.88 Å². The Kier molecular flexibility index (Phi) is 4.72. The molecule has 0 N–H and O–H groups in total. The van der Waals surface area contributed by atoms with E-state index in [1.165, 1.54) is 13.1 Å². The van der Waals surface area contributed by atoms with E-state index in [2.05, 4.69) is 19.7 Å². The van der Waals surface area contributed by atoms with Crippen molar-refractivity contribution in [2.24, 2.45) is 0 Å². The summed E-state index contributed by atoms with van der Waals surface area (Å²) < 4.78 is 24.7. The maximum Gasteiger partial charge on any atom is 0.382 e. The maximum absolute atomic E-state index is 11.6. The molecule has 0 saturated carbocycles. The minimum Gasteiger partial charge on any atom is -0.479 e. The minimum atomic E-state index is -1.72. The Morgan fingerprint density at radius 3 is 2.69 bits per heavy atom. The molecule has 1 heterocycles. The zero-order chi connectivity index (χ0) is 20.1. The first kappa shape index (κ1) is 15.4. The van der Waals surface area contributed by atoms with Gasteiger partial charge in [-0.15, -0.1) is 0 Å². The van der Waals surface area contributed by atoms with Crippen LogP contribution in [0, 0.1) is 0 Å². The van der Waals surface area contributed by atoms with Gasteiger partial charge in [0.15, 0.2) is 6.10 Å². The van der Waals surface area contributed by atoms with Gasteiger partial charge in [-0.1, -0.05) is 11.6 Å². The van der Waals surface area contributed by atoms with Crippen LogP contribution in [0.5, 0.6) is 17.4 Å². The smallest absolute Gasteiger partial charge is 0.382 e. The zero-order valence-electron chi connectivity index (χ0n) is 15.6. The van der Waals surface area contributed by atoms with Gasteiger partial charge >= 0.3 is 5.97 Å². The number of hydrogen-bond donors (Lipinski definition) is 0. The lowest BCUT2D eigenvalue weighted by Crippen LogP contribution is -2.25. The van der Waals surface area contributed by atoms with Gasteiger partial charge in [0.25, 0.3) is 0 Å². The molecule has 7 nitrogen and oxygen atoms in total. The first-order valence-electron chi connectivity index (χ1n) is 8.65. The molecule has 134 valence electrons. The van der Waals surface area contributed by atoms with Crippen LogP contribution in [0.15, 0.2) is 48.7 Å². The molecule has 0 radical (unpaired) electrons. The summed E-state index contributed by atoms with van der Waals surface area (Å²) in [6.07, 6.45) is 0.510. The lowest BCUT2D eigenvalue weighted by molar-refractivity contribution is -0.260. The van der Waals surface area contributed by atoms with Crippen LogP contribution in [0.4, 0.5) is 0 Å². The normalized spacial score (nSPS) is 13.0. The van der Waals surface area contributed by atoms with Crippen LogP contribution >= 0.6 is 11.6 Å². The molecule has 1 unspecified atom stereocenters. The number of aromatic nitrogens is 2. The number of rotatable bonds is 6. The van der Waals surface area contributed by atoms with E-state index in [9.17, 15) is 4.79 Å². The number of nitrogens with zero attached hydrogens (tertiary/aromatic N) is 2. The SMILES string of the molecule is [2H]C([2H])OOC(=O)C(C)Oc1ccc(Oc2cnc3cc(Cl)ccc3n2)cc1. The van der Waals surface area contributed by atoms with E-state index in [1.54, 1.807) is 42.5 Å². The topological polar surface area (TPSA) is 79.8 Å². The van der Waals surface area contributed by atoms with E-state index in [0.717, 1.165) is 0 Å². The monoisotopic (exact) mass is 376 g/mol. The van der Waals surface area contributed by atoms with Crippen molar-refractivity contribution in [1.29, 1.82) is 0 Å². The summed E-state index contributed by atoms with van der Waals surface area (Å²) in [4.78, 5) is 28.7. The molecule has 0 fully saturated rings. The fourth-order valence-electron chi connectivity index (χ4n) is 2.09. The van der Waals surface area contributed by atoms with Crippen molar-refractivity contribution >= 4 is 28.6 Å². The van der Waals surface area contributed by atoms with Crippen molar-refractivity contribution in [2.45, 2.75) is 13.0 Å². The zero-order valence-corrected chi connectivity index (χ0v) is 14.3. The van der Waals surface area contributed by atoms with Gasteiger partial charge in [-0.25, -0.2) is 14.8 Å². The Labute approximate surface area is 157 Å². The van der Waals surface area contributed by atoms with Gasteiger partial charge in [0.05, 0.1) is 27.0 Å². The number of hydrogen-bond acceptors (Lipinski definition) is 7. The molecule has 26 heavy (non-hydrogen) atoms. The number of halogens is 1. The van der Waals surface area contributed by atoms with E-state index >= 15 is 0 Å². The molecular weight excluding hydrogens is 360 g/mol. The summed E-state index contributed by atoms with van der Waals surface area (Å²) in [5, 5.41) is 0.579. The van der Waals surface area contributed by atoms with E-state index in [4.69, 9.17) is 23.8 Å². The second-order valence-electron chi connectivity index (χ2n) is 5.17. The highest BCUT2D eigenvalue weighted by Gasteiger charge is 2.17. The van der Waals surface area contributed by atoms with Crippen LogP contribution in [0.3, 0.4) is 0 Å². The van der Waals surface area contributed by atoms with Crippen LogP contribution in [0.1, 0.15) is 9.67 Å². The molecule has 3 aromatic rings. The predicted octanol–water partition coefficient (Wildman–Crippen LogP) is 3.95. The highest BCUT2D eigenvalue weighted by Crippen LogP contribution is 2.24. The van der Waals surface area contributed by atoms with Gasteiger partial charge in [0, 0.05) is 5.02 Å². The molecule has 1 atom stereocenters. The van der Waals surface area contributed by atoms with E-state index < -0.39 is 19.1 Å². The molecule has 8 heteroatoms. The summed E-state index contributed by atoms with van der Waals surface area (Å²) in [6, 6.07) is 11.7. The number of ether oxygens (including phenoxy) is 2. The van der Waals surface area contributed by atoms with Crippen molar-refractivity contribution in [2.75, 3.05) is 7.06 Å². The molecule has 0 spiro atoms. The minimum absolute atomic E-state index is 0.318. The van der Waals surface area contributed by atoms with E-state index in [-0.39, 0.29) is 0 Å². The lowest BCUT2D eigenvalue weighted by atomic mass is 10.3.